The summed E-state index contributed by atoms with van der Waals surface area (Å²) in [4.78, 5) is 23.1. The summed E-state index contributed by atoms with van der Waals surface area (Å²) in [5, 5.41) is 13.4. The van der Waals surface area contributed by atoms with Gasteiger partial charge in [-0.3, -0.25) is 4.79 Å². The maximum absolute atomic E-state index is 12.2. The zero-order valence-electron chi connectivity index (χ0n) is 14.3. The molecule has 134 valence electrons. The molecule has 0 spiro atoms. The Hall–Kier alpha value is -1.93. The number of sulfonamides is 1. The number of rotatable bonds is 8. The summed E-state index contributed by atoms with van der Waals surface area (Å²) in [5.74, 6) is -1.58. The maximum atomic E-state index is 12.2. The predicted octanol–water partition coefficient (Wildman–Crippen LogP) is 0.788. The first-order valence-corrected chi connectivity index (χ1v) is 9.05. The molecule has 0 bridgehead atoms. The van der Waals surface area contributed by atoms with Crippen LogP contribution in [0.4, 0.5) is 5.69 Å². The molecule has 0 heterocycles. The van der Waals surface area contributed by atoms with Crippen LogP contribution in [0.2, 0.25) is 0 Å². The molecular weight excluding hydrogens is 332 g/mol. The highest BCUT2D eigenvalue weighted by Crippen LogP contribution is 2.30. The average Bonchev–Trinajstić information content (AvgIpc) is 2.48. The lowest BCUT2D eigenvalue weighted by Crippen LogP contribution is -2.33. The van der Waals surface area contributed by atoms with Gasteiger partial charge < -0.3 is 15.2 Å². The fourth-order valence-corrected chi connectivity index (χ4v) is 3.33. The first kappa shape index (κ1) is 20.1. The Bertz CT molecular complexity index is 730. The summed E-state index contributed by atoms with van der Waals surface area (Å²) >= 11 is 0. The first-order chi connectivity index (χ1) is 11.0. The molecule has 1 rings (SSSR count). The molecule has 0 aliphatic heterocycles. The van der Waals surface area contributed by atoms with Crippen LogP contribution in [-0.2, 0) is 19.6 Å². The number of benzene rings is 1. The third-order valence-electron chi connectivity index (χ3n) is 4.04. The van der Waals surface area contributed by atoms with Crippen molar-refractivity contribution < 1.29 is 23.1 Å². The van der Waals surface area contributed by atoms with Crippen molar-refractivity contribution in [2.24, 2.45) is 5.41 Å². The van der Waals surface area contributed by atoms with Gasteiger partial charge in [0, 0.05) is 18.1 Å². The van der Waals surface area contributed by atoms with Crippen LogP contribution in [-0.4, -0.2) is 27.3 Å². The van der Waals surface area contributed by atoms with Gasteiger partial charge in [0.25, 0.3) is 0 Å². The lowest BCUT2D eigenvalue weighted by atomic mass is 9.80. The monoisotopic (exact) mass is 355 g/mol. The second-order valence-electron chi connectivity index (χ2n) is 6.13. The fourth-order valence-electron chi connectivity index (χ4n) is 2.33. The van der Waals surface area contributed by atoms with Gasteiger partial charge in [0.2, 0.25) is 15.9 Å². The van der Waals surface area contributed by atoms with E-state index in [1.165, 1.54) is 13.1 Å². The first-order valence-electron chi connectivity index (χ1n) is 7.57. The van der Waals surface area contributed by atoms with Crippen molar-refractivity contribution >= 4 is 27.6 Å². The maximum Gasteiger partial charge on any atom is 0.240 e. The third-order valence-corrected chi connectivity index (χ3v) is 5.60. The number of aliphatic carboxylic acids is 1. The van der Waals surface area contributed by atoms with Gasteiger partial charge in [-0.05, 0) is 49.9 Å². The van der Waals surface area contributed by atoms with Gasteiger partial charge in [-0.15, -0.1) is 0 Å². The summed E-state index contributed by atoms with van der Waals surface area (Å²) in [5.41, 5.74) is 0.178. The van der Waals surface area contributed by atoms with E-state index in [1.54, 1.807) is 32.9 Å². The number of nitrogens with one attached hydrogen (secondary N) is 2. The Balaban J connectivity index is 2.96. The molecule has 1 aromatic rings. The van der Waals surface area contributed by atoms with E-state index in [4.69, 9.17) is 0 Å². The quantitative estimate of drug-likeness (QED) is 0.715. The average molecular weight is 355 g/mol. The molecule has 1 atom stereocenters. The number of carbonyl (C=O) groups is 2. The lowest BCUT2D eigenvalue weighted by molar-refractivity contribution is -0.308. The molecule has 2 N–H and O–H groups in total. The van der Waals surface area contributed by atoms with E-state index in [0.717, 1.165) is 0 Å². The number of carboxylic acid groups (broad SMARTS) is 1. The lowest BCUT2D eigenvalue weighted by Gasteiger charge is -2.28. The number of amides is 1. The Morgan fingerprint density at radius 3 is 2.38 bits per heavy atom. The van der Waals surface area contributed by atoms with Crippen LogP contribution in [0.25, 0.3) is 0 Å². The molecular formula is C16H23N2O5S-. The van der Waals surface area contributed by atoms with Crippen LogP contribution >= 0.6 is 0 Å². The molecule has 8 heteroatoms. The standard InChI is InChI=1S/C16H24N2O5S/c1-5-16(3,10-15(20)21)9-14(19)18-12-7-6-11(2)13(8-12)24(22,23)17-4/h6-8,17H,5,9-10H2,1-4H3,(H,18,19)(H,20,21)/p-1/t16-/m0/s1. The van der Waals surface area contributed by atoms with E-state index in [0.29, 0.717) is 17.7 Å². The number of carboxylic acids is 1. The van der Waals surface area contributed by atoms with Crippen molar-refractivity contribution in [2.45, 2.75) is 44.9 Å². The van der Waals surface area contributed by atoms with Crippen LogP contribution < -0.4 is 15.1 Å². The second-order valence-corrected chi connectivity index (χ2v) is 7.98. The van der Waals surface area contributed by atoms with Crippen LogP contribution in [0.15, 0.2) is 23.1 Å². The van der Waals surface area contributed by atoms with Crippen molar-refractivity contribution in [3.05, 3.63) is 23.8 Å². The van der Waals surface area contributed by atoms with Gasteiger partial charge in [-0.1, -0.05) is 19.9 Å². The fraction of sp³-hybridized carbons (Fsp3) is 0.500. The van der Waals surface area contributed by atoms with E-state index in [2.05, 4.69) is 10.0 Å². The van der Waals surface area contributed by atoms with Gasteiger partial charge >= 0.3 is 0 Å². The van der Waals surface area contributed by atoms with Gasteiger partial charge in [-0.2, -0.15) is 0 Å². The largest absolute Gasteiger partial charge is 0.550 e. The van der Waals surface area contributed by atoms with E-state index in [1.807, 2.05) is 0 Å². The zero-order valence-corrected chi connectivity index (χ0v) is 15.1. The molecule has 24 heavy (non-hydrogen) atoms. The minimum Gasteiger partial charge on any atom is -0.550 e. The summed E-state index contributed by atoms with van der Waals surface area (Å²) in [6.45, 7) is 5.16. The molecule has 0 aromatic heterocycles. The Morgan fingerprint density at radius 2 is 1.88 bits per heavy atom. The highest BCUT2D eigenvalue weighted by molar-refractivity contribution is 7.89. The number of anilines is 1. The Kier molecular flexibility index (Phi) is 6.50. The van der Waals surface area contributed by atoms with Gasteiger partial charge in [0.1, 0.15) is 0 Å². The molecule has 0 unspecified atom stereocenters. The van der Waals surface area contributed by atoms with E-state index < -0.39 is 21.4 Å². The van der Waals surface area contributed by atoms with E-state index in [9.17, 15) is 23.1 Å². The van der Waals surface area contributed by atoms with Crippen molar-refractivity contribution in [2.75, 3.05) is 12.4 Å². The molecule has 7 nitrogen and oxygen atoms in total. The number of aryl methyl sites for hydroxylation is 1. The van der Waals surface area contributed by atoms with E-state index >= 15 is 0 Å². The van der Waals surface area contributed by atoms with Gasteiger partial charge in [0.15, 0.2) is 0 Å². The predicted molar refractivity (Wildman–Crippen MR) is 88.7 cm³/mol. The van der Waals surface area contributed by atoms with E-state index in [-0.39, 0.29) is 23.6 Å². The number of hydrogen-bond donors (Lipinski definition) is 2. The molecule has 0 saturated carbocycles. The van der Waals surface area contributed by atoms with Crippen LogP contribution in [0, 0.1) is 12.3 Å². The normalized spacial score (nSPS) is 14.0. The summed E-state index contributed by atoms with van der Waals surface area (Å²) in [6, 6.07) is 4.57. The van der Waals surface area contributed by atoms with Crippen molar-refractivity contribution in [3.63, 3.8) is 0 Å². The Labute approximate surface area is 142 Å². The molecule has 1 aromatic carbocycles. The number of carbonyl (C=O) groups excluding carboxylic acids is 2. The molecule has 0 saturated heterocycles. The van der Waals surface area contributed by atoms with Crippen molar-refractivity contribution in [1.29, 1.82) is 0 Å². The molecule has 0 aliphatic rings. The van der Waals surface area contributed by atoms with Crippen LogP contribution in [0.3, 0.4) is 0 Å². The number of hydrogen-bond acceptors (Lipinski definition) is 5. The molecule has 0 radical (unpaired) electrons. The topological polar surface area (TPSA) is 115 Å². The Morgan fingerprint density at radius 1 is 1.25 bits per heavy atom. The summed E-state index contributed by atoms with van der Waals surface area (Å²) < 4.78 is 26.2. The minimum atomic E-state index is -3.63. The second kappa shape index (κ2) is 7.76. The van der Waals surface area contributed by atoms with Crippen LogP contribution in [0.1, 0.15) is 38.7 Å². The SMILES string of the molecule is CC[C@](C)(CC(=O)[O-])CC(=O)Nc1ccc(C)c(S(=O)(=O)NC)c1. The van der Waals surface area contributed by atoms with Crippen molar-refractivity contribution in [1.82, 2.24) is 4.72 Å². The highest BCUT2D eigenvalue weighted by atomic mass is 32.2. The van der Waals surface area contributed by atoms with Gasteiger partial charge in [-0.25, -0.2) is 13.1 Å². The summed E-state index contributed by atoms with van der Waals surface area (Å²) in [7, 11) is -2.32. The summed E-state index contributed by atoms with van der Waals surface area (Å²) in [6.07, 6.45) is 0.283. The van der Waals surface area contributed by atoms with Gasteiger partial charge in [0.05, 0.1) is 4.90 Å². The molecule has 0 fully saturated rings. The zero-order chi connectivity index (χ0) is 18.5. The molecule has 0 aliphatic carbocycles. The third kappa shape index (κ3) is 5.31. The molecule has 1 amide bonds. The minimum absolute atomic E-state index is 0.000528. The van der Waals surface area contributed by atoms with Crippen LogP contribution in [0.5, 0.6) is 0 Å². The highest BCUT2D eigenvalue weighted by Gasteiger charge is 2.26. The smallest absolute Gasteiger partial charge is 0.240 e. The van der Waals surface area contributed by atoms with Crippen molar-refractivity contribution in [3.8, 4) is 0 Å².